The van der Waals surface area contributed by atoms with Gasteiger partial charge in [-0.2, -0.15) is 0 Å². The lowest BCUT2D eigenvalue weighted by Gasteiger charge is -2.28. The van der Waals surface area contributed by atoms with E-state index in [0.29, 0.717) is 0 Å². The topological polar surface area (TPSA) is 16.4 Å². The van der Waals surface area contributed by atoms with Crippen LogP contribution in [-0.4, -0.2) is 0 Å². The zero-order valence-electron chi connectivity index (χ0n) is 35.2. The highest BCUT2D eigenvalue weighted by atomic mass is 16.3. The van der Waals surface area contributed by atoms with Gasteiger partial charge in [-0.15, -0.1) is 0 Å². The van der Waals surface area contributed by atoms with E-state index >= 15 is 0 Å². The van der Waals surface area contributed by atoms with Crippen LogP contribution < -0.4 is 4.90 Å². The number of rotatable bonds is 7. The number of hydrogen-bond donors (Lipinski definition) is 0. The van der Waals surface area contributed by atoms with E-state index in [0.717, 1.165) is 50.1 Å². The maximum atomic E-state index is 6.63. The fourth-order valence-corrected chi connectivity index (χ4v) is 10.2. The summed E-state index contributed by atoms with van der Waals surface area (Å²) >= 11 is 0. The van der Waals surface area contributed by atoms with Gasteiger partial charge in [-0.3, -0.25) is 0 Å². The molecule has 0 bridgehead atoms. The number of benzene rings is 10. The molecule has 298 valence electrons. The van der Waals surface area contributed by atoms with Crippen LogP contribution in [0.15, 0.2) is 229 Å². The Labute approximate surface area is 368 Å². The summed E-state index contributed by atoms with van der Waals surface area (Å²) in [5, 5.41) is 4.75. The average molecular weight is 806 g/mol. The summed E-state index contributed by atoms with van der Waals surface area (Å²) in [7, 11) is 0. The molecule has 0 saturated heterocycles. The Kier molecular flexibility index (Phi) is 8.55. The lowest BCUT2D eigenvalue weighted by Crippen LogP contribution is -2.16. The predicted octanol–water partition coefficient (Wildman–Crippen LogP) is 17.2. The summed E-state index contributed by atoms with van der Waals surface area (Å²) in [6, 6.07) is 81.5. The van der Waals surface area contributed by atoms with Gasteiger partial charge < -0.3 is 9.32 Å². The van der Waals surface area contributed by atoms with Crippen molar-refractivity contribution in [2.24, 2.45) is 0 Å². The van der Waals surface area contributed by atoms with Crippen molar-refractivity contribution in [3.63, 3.8) is 0 Å². The second-order valence-electron chi connectivity index (χ2n) is 17.3. The molecule has 0 atom stereocenters. The van der Waals surface area contributed by atoms with Crippen LogP contribution in [-0.2, 0) is 5.41 Å². The van der Waals surface area contributed by atoms with E-state index in [1.54, 1.807) is 0 Å². The molecular weight excluding hydrogens is 763 g/mol. The third-order valence-corrected chi connectivity index (χ3v) is 13.3. The van der Waals surface area contributed by atoms with E-state index in [4.69, 9.17) is 4.42 Å². The Balaban J connectivity index is 0.956. The molecule has 63 heavy (non-hydrogen) atoms. The van der Waals surface area contributed by atoms with Crippen molar-refractivity contribution in [1.29, 1.82) is 0 Å². The minimum absolute atomic E-state index is 0.109. The van der Waals surface area contributed by atoms with E-state index < -0.39 is 0 Å². The summed E-state index contributed by atoms with van der Waals surface area (Å²) in [5.74, 6) is 0. The molecular formula is C61H43NO. The molecule has 0 unspecified atom stereocenters. The average Bonchev–Trinajstić information content (AvgIpc) is 3.84. The number of furan rings is 1. The van der Waals surface area contributed by atoms with Gasteiger partial charge in [0.15, 0.2) is 0 Å². The fourth-order valence-electron chi connectivity index (χ4n) is 10.2. The molecule has 0 aliphatic heterocycles. The fraction of sp³-hybridized carbons (Fsp3) is 0.0492. The van der Waals surface area contributed by atoms with E-state index in [1.807, 2.05) is 6.07 Å². The second kappa shape index (κ2) is 14.6. The molecule has 0 amide bonds. The molecule has 0 radical (unpaired) electrons. The van der Waals surface area contributed by atoms with Gasteiger partial charge in [-0.1, -0.05) is 196 Å². The minimum atomic E-state index is -0.109. The SMILES string of the molecule is CC1(C)c2ccccc2-c2cccc(-c3ccc(N(c4ccc(-c5ccc(-c6ccc7ccccc7c6)cc5)cc4)c4ccccc4-c4cccc5c4oc4ccccc45)cc3)c21. The van der Waals surface area contributed by atoms with Crippen molar-refractivity contribution >= 4 is 49.8 Å². The maximum Gasteiger partial charge on any atom is 0.143 e. The third kappa shape index (κ3) is 6.09. The van der Waals surface area contributed by atoms with Crippen LogP contribution in [0.25, 0.3) is 88.3 Å². The highest BCUT2D eigenvalue weighted by Gasteiger charge is 2.37. The van der Waals surface area contributed by atoms with Crippen molar-refractivity contribution in [1.82, 2.24) is 0 Å². The minimum Gasteiger partial charge on any atom is -0.455 e. The normalized spacial score (nSPS) is 12.7. The van der Waals surface area contributed by atoms with Crippen molar-refractivity contribution in [3.05, 3.63) is 236 Å². The molecule has 0 fully saturated rings. The van der Waals surface area contributed by atoms with Crippen molar-refractivity contribution in [2.45, 2.75) is 19.3 Å². The first kappa shape index (κ1) is 36.9. The standard InChI is InChI=1S/C61H43NO/c1-61(2)56-22-8-5-15-50(56)53-19-11-18-49(59(53)61)44-33-37-48(38-34-44)62(57-23-9-6-16-51(57)54-20-12-21-55-52-17-7-10-24-58(52)63-60(54)55)47-35-31-42(32-36-47)41-25-27-43(28-26-41)46-30-29-40-13-3-4-14-45(40)39-46/h3-39H,1-2H3. The van der Waals surface area contributed by atoms with Gasteiger partial charge in [-0.25, -0.2) is 0 Å². The number of nitrogens with zero attached hydrogens (tertiary/aromatic N) is 1. The van der Waals surface area contributed by atoms with Crippen molar-refractivity contribution in [3.8, 4) is 55.6 Å². The van der Waals surface area contributed by atoms with Gasteiger partial charge in [0.25, 0.3) is 0 Å². The van der Waals surface area contributed by atoms with Crippen molar-refractivity contribution in [2.75, 3.05) is 4.90 Å². The van der Waals surface area contributed by atoms with E-state index in [2.05, 4.69) is 237 Å². The lowest BCUT2D eigenvalue weighted by molar-refractivity contribution is 0.662. The molecule has 12 rings (SSSR count). The second-order valence-corrected chi connectivity index (χ2v) is 17.3. The maximum absolute atomic E-state index is 6.63. The molecule has 0 N–H and O–H groups in total. The summed E-state index contributed by atoms with van der Waals surface area (Å²) in [6.07, 6.45) is 0. The predicted molar refractivity (Wildman–Crippen MR) is 265 cm³/mol. The highest BCUT2D eigenvalue weighted by Crippen LogP contribution is 2.52. The number of hydrogen-bond acceptors (Lipinski definition) is 2. The molecule has 1 aliphatic rings. The molecule has 2 nitrogen and oxygen atoms in total. The van der Waals surface area contributed by atoms with Crippen LogP contribution in [0.3, 0.4) is 0 Å². The Morgan fingerprint density at radius 1 is 0.365 bits per heavy atom. The van der Waals surface area contributed by atoms with Gasteiger partial charge in [0.1, 0.15) is 11.2 Å². The van der Waals surface area contributed by atoms with Gasteiger partial charge in [-0.05, 0) is 109 Å². The van der Waals surface area contributed by atoms with Crippen LogP contribution in [0.2, 0.25) is 0 Å². The van der Waals surface area contributed by atoms with Gasteiger partial charge in [0.05, 0.1) is 5.69 Å². The van der Waals surface area contributed by atoms with E-state index in [1.165, 1.54) is 66.4 Å². The number of para-hydroxylation sites is 3. The Hall–Kier alpha value is -7.94. The van der Waals surface area contributed by atoms with Crippen LogP contribution in [0, 0.1) is 0 Å². The summed E-state index contributed by atoms with van der Waals surface area (Å²) in [6.45, 7) is 4.72. The highest BCUT2D eigenvalue weighted by molar-refractivity contribution is 6.11. The largest absolute Gasteiger partial charge is 0.455 e. The molecule has 1 heterocycles. The van der Waals surface area contributed by atoms with Crippen LogP contribution >= 0.6 is 0 Å². The molecule has 2 heteroatoms. The first-order chi connectivity index (χ1) is 31.0. The number of fused-ring (bicyclic) bond motifs is 7. The number of anilines is 3. The summed E-state index contributed by atoms with van der Waals surface area (Å²) in [5.41, 5.74) is 19.8. The lowest BCUT2D eigenvalue weighted by atomic mass is 9.79. The Bertz CT molecular complexity index is 3520. The molecule has 1 aromatic heterocycles. The zero-order chi connectivity index (χ0) is 42.1. The molecule has 10 aromatic carbocycles. The Morgan fingerprint density at radius 2 is 0.889 bits per heavy atom. The monoisotopic (exact) mass is 805 g/mol. The van der Waals surface area contributed by atoms with E-state index in [9.17, 15) is 0 Å². The van der Waals surface area contributed by atoms with E-state index in [-0.39, 0.29) is 5.41 Å². The third-order valence-electron chi connectivity index (χ3n) is 13.3. The smallest absolute Gasteiger partial charge is 0.143 e. The van der Waals surface area contributed by atoms with Crippen LogP contribution in [0.1, 0.15) is 25.0 Å². The molecule has 11 aromatic rings. The van der Waals surface area contributed by atoms with Gasteiger partial charge >= 0.3 is 0 Å². The van der Waals surface area contributed by atoms with Gasteiger partial charge in [0, 0.05) is 38.7 Å². The quantitative estimate of drug-likeness (QED) is 0.160. The van der Waals surface area contributed by atoms with Gasteiger partial charge in [0.2, 0.25) is 0 Å². The molecule has 0 spiro atoms. The van der Waals surface area contributed by atoms with Crippen LogP contribution in [0.5, 0.6) is 0 Å². The molecule has 1 aliphatic carbocycles. The summed E-state index contributed by atoms with van der Waals surface area (Å²) < 4.78 is 6.63. The first-order valence-electron chi connectivity index (χ1n) is 21.8. The summed E-state index contributed by atoms with van der Waals surface area (Å²) in [4.78, 5) is 2.39. The van der Waals surface area contributed by atoms with Crippen molar-refractivity contribution < 1.29 is 4.42 Å². The molecule has 0 saturated carbocycles. The first-order valence-corrected chi connectivity index (χ1v) is 21.8. The van der Waals surface area contributed by atoms with Crippen LogP contribution in [0.4, 0.5) is 17.1 Å². The Morgan fingerprint density at radius 3 is 1.67 bits per heavy atom. The zero-order valence-corrected chi connectivity index (χ0v) is 35.2.